The van der Waals surface area contributed by atoms with Crippen LogP contribution in [0.1, 0.15) is 18.4 Å². The zero-order chi connectivity index (χ0) is 17.1. The standard InChI is InChI=1S/C17H23N5O2/c1-20-9-3-4-16(20)11-18-10-14-12-21(2)19-17(14)13-5-7-15(8-6-13)22(23)24/h5-8,12,16,18H,3-4,9-11H2,1-2H3. The minimum Gasteiger partial charge on any atom is -0.311 e. The van der Waals surface area contributed by atoms with Crippen LogP contribution in [-0.4, -0.2) is 45.8 Å². The fraction of sp³-hybridized carbons (Fsp3) is 0.471. The summed E-state index contributed by atoms with van der Waals surface area (Å²) in [6.45, 7) is 2.88. The van der Waals surface area contributed by atoms with Crippen LogP contribution >= 0.6 is 0 Å². The highest BCUT2D eigenvalue weighted by Gasteiger charge is 2.20. The Labute approximate surface area is 141 Å². The number of nitro groups is 1. The largest absolute Gasteiger partial charge is 0.311 e. The molecule has 0 aliphatic carbocycles. The number of aryl methyl sites for hydroxylation is 1. The summed E-state index contributed by atoms with van der Waals surface area (Å²) < 4.78 is 1.79. The molecule has 24 heavy (non-hydrogen) atoms. The van der Waals surface area contributed by atoms with Gasteiger partial charge in [-0.3, -0.25) is 14.8 Å². The second kappa shape index (κ2) is 7.11. The van der Waals surface area contributed by atoms with Gasteiger partial charge < -0.3 is 10.2 Å². The molecular weight excluding hydrogens is 306 g/mol. The minimum atomic E-state index is -0.386. The summed E-state index contributed by atoms with van der Waals surface area (Å²) in [7, 11) is 4.06. The van der Waals surface area contributed by atoms with E-state index in [0.29, 0.717) is 6.04 Å². The number of likely N-dealkylation sites (tertiary alicyclic amines) is 1. The van der Waals surface area contributed by atoms with Crippen LogP contribution < -0.4 is 5.32 Å². The summed E-state index contributed by atoms with van der Waals surface area (Å²) in [6.07, 6.45) is 4.51. The number of hydrogen-bond donors (Lipinski definition) is 1. The van der Waals surface area contributed by atoms with Crippen molar-refractivity contribution < 1.29 is 4.92 Å². The Kier molecular flexibility index (Phi) is 4.92. The van der Waals surface area contributed by atoms with Gasteiger partial charge in [-0.1, -0.05) is 0 Å². The van der Waals surface area contributed by atoms with Crippen LogP contribution in [0.5, 0.6) is 0 Å². The lowest BCUT2D eigenvalue weighted by Crippen LogP contribution is -2.35. The van der Waals surface area contributed by atoms with Crippen LogP contribution in [0.15, 0.2) is 30.5 Å². The second-order valence-electron chi connectivity index (χ2n) is 6.39. The van der Waals surface area contributed by atoms with Gasteiger partial charge in [0.05, 0.1) is 10.6 Å². The van der Waals surface area contributed by atoms with Gasteiger partial charge in [0, 0.05) is 55.6 Å². The van der Waals surface area contributed by atoms with E-state index in [4.69, 9.17) is 0 Å². The SMILES string of the molecule is CN1CCCC1CNCc1cn(C)nc1-c1ccc([N+](=O)[O-])cc1. The van der Waals surface area contributed by atoms with Crippen molar-refractivity contribution in [1.82, 2.24) is 20.0 Å². The monoisotopic (exact) mass is 329 g/mol. The summed E-state index contributed by atoms with van der Waals surface area (Å²) >= 11 is 0. The van der Waals surface area contributed by atoms with Crippen LogP contribution in [0.3, 0.4) is 0 Å². The number of nitrogens with zero attached hydrogens (tertiary/aromatic N) is 4. The summed E-state index contributed by atoms with van der Waals surface area (Å²) in [6, 6.07) is 7.16. The molecule has 1 aromatic heterocycles. The van der Waals surface area contributed by atoms with Crippen LogP contribution in [0.4, 0.5) is 5.69 Å². The third-order valence-corrected chi connectivity index (χ3v) is 4.62. The molecule has 7 nitrogen and oxygen atoms in total. The summed E-state index contributed by atoms with van der Waals surface area (Å²) in [5.74, 6) is 0. The molecule has 0 bridgehead atoms. The third kappa shape index (κ3) is 3.63. The van der Waals surface area contributed by atoms with Gasteiger partial charge >= 0.3 is 0 Å². The van der Waals surface area contributed by atoms with E-state index in [1.807, 2.05) is 13.2 Å². The fourth-order valence-electron chi connectivity index (χ4n) is 3.26. The Morgan fingerprint density at radius 1 is 1.33 bits per heavy atom. The molecule has 0 spiro atoms. The molecule has 3 rings (SSSR count). The van der Waals surface area contributed by atoms with Gasteiger partial charge in [-0.05, 0) is 38.6 Å². The van der Waals surface area contributed by atoms with Crippen LogP contribution in [0.2, 0.25) is 0 Å². The molecule has 1 aromatic carbocycles. The molecule has 2 heterocycles. The minimum absolute atomic E-state index is 0.0960. The average molecular weight is 329 g/mol. The zero-order valence-corrected chi connectivity index (χ0v) is 14.1. The van der Waals surface area contributed by atoms with Crippen LogP contribution in [-0.2, 0) is 13.6 Å². The van der Waals surface area contributed by atoms with Gasteiger partial charge in [-0.2, -0.15) is 5.10 Å². The van der Waals surface area contributed by atoms with Gasteiger partial charge in [0.25, 0.3) is 5.69 Å². The number of likely N-dealkylation sites (N-methyl/N-ethyl adjacent to an activating group) is 1. The molecule has 0 saturated carbocycles. The van der Waals surface area contributed by atoms with Crippen molar-refractivity contribution in [2.24, 2.45) is 7.05 Å². The van der Waals surface area contributed by atoms with Crippen molar-refractivity contribution in [2.45, 2.75) is 25.4 Å². The first kappa shape index (κ1) is 16.6. The maximum absolute atomic E-state index is 10.8. The number of aromatic nitrogens is 2. The van der Waals surface area contributed by atoms with Gasteiger partial charge in [0.1, 0.15) is 0 Å². The van der Waals surface area contributed by atoms with E-state index in [-0.39, 0.29) is 10.6 Å². The van der Waals surface area contributed by atoms with E-state index in [1.165, 1.54) is 31.5 Å². The normalized spacial score (nSPS) is 18.2. The number of rotatable bonds is 6. The molecule has 1 atom stereocenters. The van der Waals surface area contributed by atoms with Crippen molar-refractivity contribution in [3.63, 3.8) is 0 Å². The van der Waals surface area contributed by atoms with E-state index in [0.717, 1.165) is 29.9 Å². The Bertz CT molecular complexity index is 710. The maximum atomic E-state index is 10.8. The molecule has 1 fully saturated rings. The van der Waals surface area contributed by atoms with Gasteiger partial charge in [-0.15, -0.1) is 0 Å². The lowest BCUT2D eigenvalue weighted by atomic mass is 10.1. The Morgan fingerprint density at radius 2 is 2.08 bits per heavy atom. The molecule has 0 radical (unpaired) electrons. The first-order valence-corrected chi connectivity index (χ1v) is 8.23. The third-order valence-electron chi connectivity index (χ3n) is 4.62. The second-order valence-corrected chi connectivity index (χ2v) is 6.39. The van der Waals surface area contributed by atoms with Gasteiger partial charge in [0.15, 0.2) is 0 Å². The lowest BCUT2D eigenvalue weighted by Gasteiger charge is -2.19. The van der Waals surface area contributed by atoms with Gasteiger partial charge in [-0.25, -0.2) is 0 Å². The highest BCUT2D eigenvalue weighted by atomic mass is 16.6. The molecule has 1 unspecified atom stereocenters. The Morgan fingerprint density at radius 3 is 2.71 bits per heavy atom. The summed E-state index contributed by atoms with van der Waals surface area (Å²) in [4.78, 5) is 12.8. The number of hydrogen-bond acceptors (Lipinski definition) is 5. The molecule has 2 aromatic rings. The lowest BCUT2D eigenvalue weighted by molar-refractivity contribution is -0.384. The smallest absolute Gasteiger partial charge is 0.269 e. The van der Waals surface area contributed by atoms with Crippen molar-refractivity contribution in [1.29, 1.82) is 0 Å². The molecule has 1 aliphatic rings. The van der Waals surface area contributed by atoms with Crippen molar-refractivity contribution in [3.8, 4) is 11.3 Å². The van der Waals surface area contributed by atoms with E-state index in [2.05, 4.69) is 22.4 Å². The molecule has 1 N–H and O–H groups in total. The van der Waals surface area contributed by atoms with E-state index in [1.54, 1.807) is 16.8 Å². The first-order chi connectivity index (χ1) is 11.5. The molecule has 7 heteroatoms. The van der Waals surface area contributed by atoms with Crippen molar-refractivity contribution in [2.75, 3.05) is 20.1 Å². The Hall–Kier alpha value is -2.25. The number of benzene rings is 1. The molecule has 1 saturated heterocycles. The van der Waals surface area contributed by atoms with E-state index >= 15 is 0 Å². The zero-order valence-electron chi connectivity index (χ0n) is 14.1. The first-order valence-electron chi connectivity index (χ1n) is 8.23. The predicted octanol–water partition coefficient (Wildman–Crippen LogP) is 2.18. The van der Waals surface area contributed by atoms with E-state index < -0.39 is 0 Å². The predicted molar refractivity (Wildman–Crippen MR) is 92.7 cm³/mol. The average Bonchev–Trinajstić information content (AvgIpc) is 3.13. The maximum Gasteiger partial charge on any atom is 0.269 e. The number of nitrogens with one attached hydrogen (secondary N) is 1. The molecule has 128 valence electrons. The molecular formula is C17H23N5O2. The Balaban J connectivity index is 1.69. The van der Waals surface area contributed by atoms with Crippen molar-refractivity contribution in [3.05, 3.63) is 46.1 Å². The van der Waals surface area contributed by atoms with Crippen LogP contribution in [0.25, 0.3) is 11.3 Å². The summed E-state index contributed by atoms with van der Waals surface area (Å²) in [5, 5.41) is 18.8. The highest BCUT2D eigenvalue weighted by molar-refractivity contribution is 5.64. The number of nitro benzene ring substituents is 1. The van der Waals surface area contributed by atoms with Gasteiger partial charge in [0.2, 0.25) is 0 Å². The fourth-order valence-corrected chi connectivity index (χ4v) is 3.26. The van der Waals surface area contributed by atoms with Crippen LogP contribution in [0, 0.1) is 10.1 Å². The quantitative estimate of drug-likeness (QED) is 0.649. The highest BCUT2D eigenvalue weighted by Crippen LogP contribution is 2.24. The van der Waals surface area contributed by atoms with Crippen molar-refractivity contribution >= 4 is 5.69 Å². The van der Waals surface area contributed by atoms with E-state index in [9.17, 15) is 10.1 Å². The molecule has 1 aliphatic heterocycles. The summed E-state index contributed by atoms with van der Waals surface area (Å²) in [5.41, 5.74) is 2.97. The topological polar surface area (TPSA) is 76.2 Å². The number of non-ortho nitro benzene ring substituents is 1. The molecule has 0 amide bonds.